The molecule has 2 aliphatic heterocycles. The van der Waals surface area contributed by atoms with Gasteiger partial charge in [-0.15, -0.1) is 0 Å². The van der Waals surface area contributed by atoms with Gasteiger partial charge in [0.2, 0.25) is 0 Å². The maximum atomic E-state index is 13.2. The summed E-state index contributed by atoms with van der Waals surface area (Å²) >= 11 is 0. The van der Waals surface area contributed by atoms with Gasteiger partial charge in [-0.1, -0.05) is 238 Å². The summed E-state index contributed by atoms with van der Waals surface area (Å²) in [5.74, 6) is -1.56. The molecule has 2 rings (SSSR count). The van der Waals surface area contributed by atoms with Gasteiger partial charge in [0.05, 0.1) is 19.8 Å². The SMILES string of the molecule is CCCCCCCCC=CCCCCCCCC(=O)OCC(COC1OC(COC2OC(CO)C(O)C(OC(=O)CCCCCCCCCCCCCCC)C2O)C(O)C(O)C1O)OC(=O)CCCCCCCCCCCCCCC. The second-order valence-corrected chi connectivity index (χ2v) is 23.5. The van der Waals surface area contributed by atoms with Crippen LogP contribution in [0.4, 0.5) is 0 Å². The van der Waals surface area contributed by atoms with Crippen LogP contribution in [0.15, 0.2) is 12.2 Å². The van der Waals surface area contributed by atoms with E-state index < -0.39 is 105 Å². The van der Waals surface area contributed by atoms with Crippen molar-refractivity contribution in [3.05, 3.63) is 12.2 Å². The molecule has 476 valence electrons. The third-order valence-electron chi connectivity index (χ3n) is 16.0. The monoisotopic (exact) mass is 1160 g/mol. The number of hydrogen-bond acceptors (Lipinski definition) is 16. The maximum absolute atomic E-state index is 13.2. The van der Waals surface area contributed by atoms with Gasteiger partial charge in [0.1, 0.15) is 49.3 Å². The van der Waals surface area contributed by atoms with Crippen molar-refractivity contribution in [1.82, 2.24) is 0 Å². The molecule has 81 heavy (non-hydrogen) atoms. The van der Waals surface area contributed by atoms with E-state index in [0.717, 1.165) is 83.5 Å². The third kappa shape index (κ3) is 37.0. The number of unbranched alkanes of at least 4 members (excludes halogenated alkanes) is 35. The number of allylic oxidation sites excluding steroid dienone is 2. The van der Waals surface area contributed by atoms with E-state index in [1.54, 1.807) is 0 Å². The molecule has 0 radical (unpaired) electrons. The van der Waals surface area contributed by atoms with E-state index in [1.165, 1.54) is 148 Å². The first-order valence-corrected chi connectivity index (χ1v) is 33.2. The second kappa shape index (κ2) is 51.0. The second-order valence-electron chi connectivity index (χ2n) is 23.5. The van der Waals surface area contributed by atoms with Gasteiger partial charge in [-0.2, -0.15) is 0 Å². The molecule has 0 aromatic rings. The highest BCUT2D eigenvalue weighted by Crippen LogP contribution is 2.28. The summed E-state index contributed by atoms with van der Waals surface area (Å²) < 4.78 is 40.1. The molecule has 0 saturated carbocycles. The van der Waals surface area contributed by atoms with Gasteiger partial charge in [-0.3, -0.25) is 14.4 Å². The summed E-state index contributed by atoms with van der Waals surface area (Å²) in [7, 11) is 0. The van der Waals surface area contributed by atoms with Gasteiger partial charge in [0.15, 0.2) is 24.8 Å². The van der Waals surface area contributed by atoms with Crippen LogP contribution in [0.5, 0.6) is 0 Å². The molecule has 0 aromatic heterocycles. The first-order chi connectivity index (χ1) is 39.5. The lowest BCUT2D eigenvalue weighted by Gasteiger charge is -2.43. The molecule has 2 heterocycles. The molecular weight excluding hydrogens is 1040 g/mol. The average molecular weight is 1160 g/mol. The molecule has 0 amide bonds. The first kappa shape index (κ1) is 74.8. The highest BCUT2D eigenvalue weighted by Gasteiger charge is 2.49. The molecule has 0 bridgehead atoms. The number of esters is 3. The Morgan fingerprint density at radius 1 is 0.407 bits per heavy atom. The summed E-state index contributed by atoms with van der Waals surface area (Å²) in [5.41, 5.74) is 0. The Balaban J connectivity index is 1.89. The lowest BCUT2D eigenvalue weighted by atomic mass is 9.98. The van der Waals surface area contributed by atoms with E-state index in [4.69, 9.17) is 33.2 Å². The maximum Gasteiger partial charge on any atom is 0.306 e. The van der Waals surface area contributed by atoms with Crippen LogP contribution in [0.25, 0.3) is 0 Å². The van der Waals surface area contributed by atoms with Crippen molar-refractivity contribution in [1.29, 1.82) is 0 Å². The van der Waals surface area contributed by atoms with Crippen molar-refractivity contribution < 1.29 is 78.2 Å². The molecule has 16 heteroatoms. The molecule has 2 saturated heterocycles. The minimum Gasteiger partial charge on any atom is -0.462 e. The Kier molecular flexibility index (Phi) is 47.1. The number of rotatable bonds is 54. The molecule has 2 fully saturated rings. The van der Waals surface area contributed by atoms with E-state index in [0.29, 0.717) is 19.3 Å². The fourth-order valence-electron chi connectivity index (χ4n) is 10.7. The molecule has 0 spiro atoms. The fraction of sp³-hybridized carbons (Fsp3) is 0.923. The fourth-order valence-corrected chi connectivity index (χ4v) is 10.7. The number of carbonyl (C=O) groups excluding carboxylic acids is 3. The Hall–Kier alpha value is -2.25. The zero-order valence-electron chi connectivity index (χ0n) is 51.3. The van der Waals surface area contributed by atoms with Crippen LogP contribution >= 0.6 is 0 Å². The van der Waals surface area contributed by atoms with Crippen molar-refractivity contribution in [2.45, 2.75) is 358 Å². The van der Waals surface area contributed by atoms with Crippen LogP contribution in [0, 0.1) is 0 Å². The van der Waals surface area contributed by atoms with Crippen LogP contribution < -0.4 is 0 Å². The largest absolute Gasteiger partial charge is 0.462 e. The van der Waals surface area contributed by atoms with E-state index in [9.17, 15) is 45.0 Å². The summed E-state index contributed by atoms with van der Waals surface area (Å²) in [5, 5.41) is 65.0. The lowest BCUT2D eigenvalue weighted by molar-refractivity contribution is -0.333. The van der Waals surface area contributed by atoms with Gasteiger partial charge >= 0.3 is 17.9 Å². The average Bonchev–Trinajstić information content (AvgIpc) is 3.48. The minimum absolute atomic E-state index is 0.0769. The van der Waals surface area contributed by atoms with Gasteiger partial charge in [-0.25, -0.2) is 0 Å². The zero-order chi connectivity index (χ0) is 59.0. The highest BCUT2D eigenvalue weighted by atomic mass is 16.7. The predicted molar refractivity (Wildman–Crippen MR) is 317 cm³/mol. The molecule has 2 aliphatic rings. The quantitative estimate of drug-likeness (QED) is 0.0144. The van der Waals surface area contributed by atoms with E-state index in [1.807, 2.05) is 0 Å². The van der Waals surface area contributed by atoms with Crippen LogP contribution in [-0.4, -0.2) is 142 Å². The Labute approximate surface area is 490 Å². The molecule has 11 atom stereocenters. The van der Waals surface area contributed by atoms with Gasteiger partial charge in [0, 0.05) is 19.3 Å². The first-order valence-electron chi connectivity index (χ1n) is 33.2. The Morgan fingerprint density at radius 3 is 1.23 bits per heavy atom. The molecule has 11 unspecified atom stereocenters. The minimum atomic E-state index is -1.79. The van der Waals surface area contributed by atoms with Crippen molar-refractivity contribution >= 4 is 17.9 Å². The predicted octanol–water partition coefficient (Wildman–Crippen LogP) is 12.6. The number of hydrogen-bond donors (Lipinski definition) is 6. The van der Waals surface area contributed by atoms with Gasteiger partial charge in [-0.05, 0) is 44.9 Å². The van der Waals surface area contributed by atoms with Crippen LogP contribution in [0.2, 0.25) is 0 Å². The topological polar surface area (TPSA) is 237 Å². The van der Waals surface area contributed by atoms with E-state index in [-0.39, 0.29) is 25.9 Å². The molecular formula is C65H120O16. The Morgan fingerprint density at radius 2 is 0.790 bits per heavy atom. The number of aliphatic hydroxyl groups excluding tert-OH is 6. The zero-order valence-corrected chi connectivity index (χ0v) is 51.3. The van der Waals surface area contributed by atoms with E-state index in [2.05, 4.69) is 32.9 Å². The van der Waals surface area contributed by atoms with Crippen molar-refractivity contribution in [3.63, 3.8) is 0 Å². The molecule has 16 nitrogen and oxygen atoms in total. The summed E-state index contributed by atoms with van der Waals surface area (Å²) in [6.07, 6.45) is 32.9. The summed E-state index contributed by atoms with van der Waals surface area (Å²) in [6.45, 7) is 4.75. The van der Waals surface area contributed by atoms with E-state index >= 15 is 0 Å². The van der Waals surface area contributed by atoms with Crippen molar-refractivity contribution in [2.75, 3.05) is 26.4 Å². The van der Waals surface area contributed by atoms with Crippen molar-refractivity contribution in [2.24, 2.45) is 0 Å². The number of ether oxygens (including phenoxy) is 7. The highest BCUT2D eigenvalue weighted by molar-refractivity contribution is 5.70. The standard InChI is InChI=1S/C65H120O16/c1-4-7-10-13-16-19-22-25-26-29-30-33-36-39-42-45-55(67)75-49-52(78-56(68)46-43-40-37-34-31-27-23-20-17-14-11-8-5-2)50-76-64-61(73)60(72)58(70)54(80-64)51-77-65-62(74)63(59(71)53(48-66)79-65)81-57(69)47-44-41-38-35-32-28-24-21-18-15-12-9-6-3/h25-26,52-54,58-66,70-74H,4-24,27-51H2,1-3H3. The lowest BCUT2D eigenvalue weighted by Crippen LogP contribution is -2.62. The third-order valence-corrected chi connectivity index (χ3v) is 16.0. The Bertz CT molecular complexity index is 1520. The smallest absolute Gasteiger partial charge is 0.306 e. The summed E-state index contributed by atoms with van der Waals surface area (Å²) in [4.78, 5) is 39.0. The number of carbonyl (C=O) groups is 3. The van der Waals surface area contributed by atoms with Crippen LogP contribution in [0.3, 0.4) is 0 Å². The summed E-state index contributed by atoms with van der Waals surface area (Å²) in [6, 6.07) is 0. The molecule has 6 N–H and O–H groups in total. The molecule has 0 aromatic carbocycles. The molecule has 0 aliphatic carbocycles. The van der Waals surface area contributed by atoms with Crippen molar-refractivity contribution in [3.8, 4) is 0 Å². The normalized spacial score (nSPS) is 23.5. The van der Waals surface area contributed by atoms with Crippen LogP contribution in [0.1, 0.15) is 290 Å². The van der Waals surface area contributed by atoms with Gasteiger partial charge in [0.25, 0.3) is 0 Å². The van der Waals surface area contributed by atoms with Gasteiger partial charge < -0.3 is 63.8 Å². The number of aliphatic hydroxyl groups is 6. The van der Waals surface area contributed by atoms with Crippen LogP contribution in [-0.2, 0) is 47.5 Å².